The molecule has 0 bridgehead atoms. The van der Waals surface area contributed by atoms with Crippen LogP contribution in [-0.2, 0) is 0 Å². The second-order valence-electron chi connectivity index (χ2n) is 3.46. The fourth-order valence-electron chi connectivity index (χ4n) is 0.703. The predicted octanol–water partition coefficient (Wildman–Crippen LogP) is 6.39. The van der Waals surface area contributed by atoms with Crippen LogP contribution in [0, 0.1) is 0 Å². The third kappa shape index (κ3) is 12.8. The van der Waals surface area contributed by atoms with E-state index in [9.17, 15) is 5.11 Å². The number of aliphatic hydroxyl groups excluding tert-OH is 1. The van der Waals surface area contributed by atoms with E-state index in [1.807, 2.05) is 0 Å². The van der Waals surface area contributed by atoms with Crippen molar-refractivity contribution >= 4 is 0 Å². The summed E-state index contributed by atoms with van der Waals surface area (Å²) in [6, 6.07) is -0.365. The Morgan fingerprint density at radius 2 is 1.18 bits per heavy atom. The Bertz CT molecular complexity index is 1000. The first kappa shape index (κ1) is 18.4. The minimum absolute atomic E-state index is 0. The first-order valence-corrected chi connectivity index (χ1v) is 5.98. The summed E-state index contributed by atoms with van der Waals surface area (Å²) in [5, 5.41) is 9.32. The number of aliphatic hydroxyl groups is 1. The smallest absolute Gasteiger partial charge is 0.0949 e. The fraction of sp³-hybridized carbons (Fsp3) is 0.150. The van der Waals surface area contributed by atoms with E-state index < -0.39 is 6.10 Å². The number of rotatable bonds is 2. The van der Waals surface area contributed by atoms with E-state index in [4.69, 9.17) is 5.73 Å². The highest BCUT2D eigenvalue weighted by Gasteiger charge is 2.02. The zero-order chi connectivity index (χ0) is 16.5. The summed E-state index contributed by atoms with van der Waals surface area (Å²) in [6.07, 6.45) is 0.606. The normalized spacial score (nSPS) is 8.50. The largest absolute Gasteiger partial charge is 0.387 e. The van der Waals surface area contributed by atoms with Crippen molar-refractivity contribution in [3.63, 3.8) is 0 Å². The summed E-state index contributed by atoms with van der Waals surface area (Å²) < 4.78 is 0. The molecule has 3 N–H and O–H groups in total. The summed E-state index contributed by atoms with van der Waals surface area (Å²) in [5.74, 6) is 0. The zero-order valence-corrected chi connectivity index (χ0v) is 12.0. The van der Waals surface area contributed by atoms with Crippen LogP contribution in [0.4, 0.5) is 0 Å². The molecule has 0 amide bonds. The molecule has 0 saturated carbocycles. The van der Waals surface area contributed by atoms with Gasteiger partial charge in [0.1, 0.15) is 0 Å². The first-order valence-electron chi connectivity index (χ1n) is 5.98. The highest BCUT2D eigenvalue weighted by molar-refractivity contribution is 4.95. The van der Waals surface area contributed by atoms with Crippen LogP contribution in [0.25, 0.3) is 0 Å². The van der Waals surface area contributed by atoms with Gasteiger partial charge >= 0.3 is 0 Å². The fourth-order valence-corrected chi connectivity index (χ4v) is 0.703. The Morgan fingerprint density at radius 3 is 1.55 bits per heavy atom. The zero-order valence-electron chi connectivity index (χ0n) is 12.0. The molecule has 2 heteroatoms. The van der Waals surface area contributed by atoms with Gasteiger partial charge in [-0.1, -0.05) is 11.5 Å². The molecule has 0 rings (SSSR count). The molecular formula is C20H45NO. The van der Waals surface area contributed by atoms with Crippen molar-refractivity contribution < 1.29 is 29.4 Å². The SMILES string of the molecule is C=C=C=C=C=C=C=C=C=C=C=C=C=C=C=C=C[C@H](O)[C@H](C)N.[HH].[HH].[HH].[HH].[HH].[HH].[HH].[HH].[HH].[HH].[HH].[HH].[HH].[HH].[HH].[HH].[HH]. The number of hydrogen-bond acceptors (Lipinski definition) is 2. The molecule has 0 aromatic heterocycles. The highest BCUT2D eigenvalue weighted by Crippen LogP contribution is 1.88. The van der Waals surface area contributed by atoms with Crippen molar-refractivity contribution in [2.45, 2.75) is 19.1 Å². The van der Waals surface area contributed by atoms with Gasteiger partial charge in [0.25, 0.3) is 0 Å². The average Bonchev–Trinajstić information content (AvgIpc) is 2.50. The maximum absolute atomic E-state index is 9.32. The molecule has 2 atom stereocenters. The Balaban J connectivity index is -0.0000000162. The minimum Gasteiger partial charge on any atom is -0.387 e. The standard InChI is InChI=1S/C20H11NO.17H2/c1-3-4-5-6-7-8-9-10-11-12-13-14-15-16-17-18-20(22)19(2)21;;;;;;;;;;;;;;;;;/h18-20,22H,1,21H2,2H3;17*1H/t19-,20-;;;;;;;;;;;;;;;;;/m0................./s1. The summed E-state index contributed by atoms with van der Waals surface area (Å²) >= 11 is 0. The molecule has 0 heterocycles. The van der Waals surface area contributed by atoms with Gasteiger partial charge in [-0.3, -0.25) is 0 Å². The molecule has 0 aliphatic carbocycles. The number of nitrogens with two attached hydrogens (primary N) is 1. The molecule has 0 saturated heterocycles. The molecule has 136 valence electrons. The van der Waals surface area contributed by atoms with Crippen LogP contribution >= 0.6 is 0 Å². The second kappa shape index (κ2) is 13.8. The monoisotopic (exact) mass is 315 g/mol. The van der Waals surface area contributed by atoms with Crippen LogP contribution in [0.5, 0.6) is 0 Å². The molecule has 0 aromatic carbocycles. The van der Waals surface area contributed by atoms with Gasteiger partial charge in [0.05, 0.1) is 6.10 Å². The van der Waals surface area contributed by atoms with Crippen LogP contribution in [-0.4, -0.2) is 17.3 Å². The van der Waals surface area contributed by atoms with Crippen molar-refractivity contribution in [3.05, 3.63) is 98.6 Å². The van der Waals surface area contributed by atoms with Crippen LogP contribution in [0.1, 0.15) is 31.2 Å². The van der Waals surface area contributed by atoms with Gasteiger partial charge in [0.15, 0.2) is 0 Å². The van der Waals surface area contributed by atoms with Crippen molar-refractivity contribution in [2.24, 2.45) is 5.73 Å². The predicted molar refractivity (Wildman–Crippen MR) is 118 cm³/mol. The van der Waals surface area contributed by atoms with Crippen LogP contribution in [0.15, 0.2) is 98.6 Å². The molecular weight excluding hydrogens is 270 g/mol. The molecule has 0 unspecified atom stereocenters. The van der Waals surface area contributed by atoms with Gasteiger partial charge in [-0.15, -0.1) is 0 Å². The van der Waals surface area contributed by atoms with Crippen molar-refractivity contribution in [1.29, 1.82) is 0 Å². The third-order valence-corrected chi connectivity index (χ3v) is 1.70. The summed E-state index contributed by atoms with van der Waals surface area (Å²) in [5.41, 5.74) is 42.6. The lowest BCUT2D eigenvalue weighted by molar-refractivity contribution is 0.198. The molecule has 0 aromatic rings. The minimum atomic E-state index is -0.770. The molecule has 0 spiro atoms. The van der Waals surface area contributed by atoms with E-state index in [2.05, 4.69) is 92.5 Å². The molecule has 0 aliphatic heterocycles. The average molecular weight is 316 g/mol. The van der Waals surface area contributed by atoms with Crippen molar-refractivity contribution in [1.82, 2.24) is 0 Å². The van der Waals surface area contributed by atoms with E-state index in [1.165, 1.54) is 6.08 Å². The first-order chi connectivity index (χ1) is 10.7. The molecule has 0 aliphatic rings. The third-order valence-electron chi connectivity index (χ3n) is 1.70. The van der Waals surface area contributed by atoms with Crippen molar-refractivity contribution in [3.8, 4) is 0 Å². The van der Waals surface area contributed by atoms with Gasteiger partial charge < -0.3 is 10.8 Å². The van der Waals surface area contributed by atoms with Gasteiger partial charge in [0.2, 0.25) is 0 Å². The number of hydrogen-bond donors (Lipinski definition) is 2. The summed E-state index contributed by atoms with van der Waals surface area (Å²) in [4.78, 5) is 0. The topological polar surface area (TPSA) is 46.2 Å². The Kier molecular flexibility index (Phi) is 11.5. The van der Waals surface area contributed by atoms with E-state index in [0.717, 1.165) is 0 Å². The summed E-state index contributed by atoms with van der Waals surface area (Å²) in [6.45, 7) is 4.98. The van der Waals surface area contributed by atoms with Crippen LogP contribution < -0.4 is 5.73 Å². The maximum atomic E-state index is 9.32. The maximum Gasteiger partial charge on any atom is 0.0949 e. The quantitative estimate of drug-likeness (QED) is 0.580. The van der Waals surface area contributed by atoms with E-state index in [1.54, 1.807) is 6.92 Å². The van der Waals surface area contributed by atoms with Gasteiger partial charge in [0, 0.05) is 30.3 Å². The second-order valence-corrected chi connectivity index (χ2v) is 3.46. The molecule has 0 radical (unpaired) electrons. The Hall–Kier alpha value is -3.64. The molecule has 22 heavy (non-hydrogen) atoms. The Labute approximate surface area is 154 Å². The van der Waals surface area contributed by atoms with Crippen LogP contribution in [0.2, 0.25) is 0 Å². The van der Waals surface area contributed by atoms with Gasteiger partial charge in [-0.05, 0) is 94.1 Å². The molecule has 2 nitrogen and oxygen atoms in total. The lowest BCUT2D eigenvalue weighted by atomic mass is 10.2. The van der Waals surface area contributed by atoms with Crippen molar-refractivity contribution in [2.75, 3.05) is 0 Å². The Morgan fingerprint density at radius 1 is 0.818 bits per heavy atom. The van der Waals surface area contributed by atoms with E-state index in [-0.39, 0.29) is 30.3 Å². The highest BCUT2D eigenvalue weighted by atomic mass is 16.3. The lowest BCUT2D eigenvalue weighted by Gasteiger charge is -2.06. The van der Waals surface area contributed by atoms with Crippen LogP contribution in [0.3, 0.4) is 0 Å². The van der Waals surface area contributed by atoms with Gasteiger partial charge in [-0.25, -0.2) is 0 Å². The lowest BCUT2D eigenvalue weighted by Crippen LogP contribution is -2.29. The summed E-state index contributed by atoms with van der Waals surface area (Å²) in [7, 11) is 0. The van der Waals surface area contributed by atoms with E-state index >= 15 is 0 Å². The molecule has 0 fully saturated rings. The van der Waals surface area contributed by atoms with Gasteiger partial charge in [-0.2, -0.15) is 0 Å². The van der Waals surface area contributed by atoms with E-state index in [0.29, 0.717) is 0 Å².